The van der Waals surface area contributed by atoms with Crippen LogP contribution in [0.3, 0.4) is 0 Å². The molecule has 114 valence electrons. The summed E-state index contributed by atoms with van der Waals surface area (Å²) in [7, 11) is 1.73. The molecule has 0 atom stereocenters. The summed E-state index contributed by atoms with van der Waals surface area (Å²) < 4.78 is 5.21. The molecule has 1 aromatic heterocycles. The Hall–Kier alpha value is -1.20. The molecule has 1 aromatic rings. The van der Waals surface area contributed by atoms with Gasteiger partial charge in [-0.2, -0.15) is 5.10 Å². The molecule has 0 amide bonds. The van der Waals surface area contributed by atoms with E-state index in [4.69, 9.17) is 4.74 Å². The second-order valence-corrected chi connectivity index (χ2v) is 4.82. The molecule has 0 aliphatic rings. The van der Waals surface area contributed by atoms with Crippen LogP contribution < -0.4 is 10.2 Å². The van der Waals surface area contributed by atoms with Gasteiger partial charge >= 0.3 is 0 Å². The molecule has 1 heterocycles. The Morgan fingerprint density at radius 2 is 1.95 bits per heavy atom. The van der Waals surface area contributed by atoms with E-state index in [1.165, 1.54) is 0 Å². The molecule has 20 heavy (non-hydrogen) atoms. The molecule has 1 rings (SSSR count). The summed E-state index contributed by atoms with van der Waals surface area (Å²) in [6.07, 6.45) is 2.20. The average molecular weight is 280 g/mol. The minimum atomic E-state index is 0.485. The van der Waals surface area contributed by atoms with Crippen LogP contribution in [-0.4, -0.2) is 43.0 Å². The van der Waals surface area contributed by atoms with Gasteiger partial charge in [0, 0.05) is 26.2 Å². The van der Waals surface area contributed by atoms with Gasteiger partial charge in [0.1, 0.15) is 0 Å². The molecule has 0 saturated heterocycles. The van der Waals surface area contributed by atoms with Gasteiger partial charge in [-0.3, -0.25) is 0 Å². The zero-order valence-electron chi connectivity index (χ0n) is 13.2. The van der Waals surface area contributed by atoms with Crippen LogP contribution in [0.4, 0.5) is 5.82 Å². The molecule has 1 N–H and O–H groups in total. The Morgan fingerprint density at radius 1 is 1.20 bits per heavy atom. The number of hydrogen-bond donors (Lipinski definition) is 1. The number of nitrogens with zero attached hydrogens (tertiary/aromatic N) is 3. The SMILES string of the molecule is CCNCc1ccc(N(CCOC)C(CC)CC)nn1. The summed E-state index contributed by atoms with van der Waals surface area (Å²) in [6.45, 7) is 9.77. The molecule has 0 unspecified atom stereocenters. The van der Waals surface area contributed by atoms with Crippen molar-refractivity contribution in [2.45, 2.75) is 46.2 Å². The van der Waals surface area contributed by atoms with Crippen LogP contribution in [0.5, 0.6) is 0 Å². The molecule has 5 nitrogen and oxygen atoms in total. The first-order chi connectivity index (χ1) is 9.76. The first-order valence-electron chi connectivity index (χ1n) is 7.55. The fourth-order valence-electron chi connectivity index (χ4n) is 2.26. The summed E-state index contributed by atoms with van der Waals surface area (Å²) in [6, 6.07) is 4.60. The minimum Gasteiger partial charge on any atom is -0.383 e. The fraction of sp³-hybridized carbons (Fsp3) is 0.733. The van der Waals surface area contributed by atoms with Crippen LogP contribution in [0.2, 0.25) is 0 Å². The van der Waals surface area contributed by atoms with E-state index >= 15 is 0 Å². The zero-order chi connectivity index (χ0) is 14.8. The van der Waals surface area contributed by atoms with Crippen LogP contribution in [0.25, 0.3) is 0 Å². The summed E-state index contributed by atoms with van der Waals surface area (Å²) >= 11 is 0. The van der Waals surface area contributed by atoms with Crippen LogP contribution in [0, 0.1) is 0 Å². The molecule has 0 bridgehead atoms. The third kappa shape index (κ3) is 5.06. The monoisotopic (exact) mass is 280 g/mol. The molecule has 0 aliphatic carbocycles. The Labute approximate surface area is 122 Å². The highest BCUT2D eigenvalue weighted by molar-refractivity contribution is 5.38. The van der Waals surface area contributed by atoms with Crippen LogP contribution in [0.15, 0.2) is 12.1 Å². The topological polar surface area (TPSA) is 50.3 Å². The van der Waals surface area contributed by atoms with Crippen LogP contribution in [0.1, 0.15) is 39.3 Å². The lowest BCUT2D eigenvalue weighted by atomic mass is 10.1. The van der Waals surface area contributed by atoms with E-state index in [1.807, 2.05) is 6.07 Å². The van der Waals surface area contributed by atoms with Crippen molar-refractivity contribution in [1.29, 1.82) is 0 Å². The normalized spacial score (nSPS) is 11.1. The van der Waals surface area contributed by atoms with Crippen molar-refractivity contribution in [2.75, 3.05) is 31.7 Å². The highest BCUT2D eigenvalue weighted by atomic mass is 16.5. The Bertz CT molecular complexity index is 351. The molecule has 0 saturated carbocycles. The first-order valence-corrected chi connectivity index (χ1v) is 7.55. The van der Waals surface area contributed by atoms with Gasteiger partial charge in [0.25, 0.3) is 0 Å². The molecule has 0 radical (unpaired) electrons. The highest BCUT2D eigenvalue weighted by Crippen LogP contribution is 2.17. The van der Waals surface area contributed by atoms with Crippen molar-refractivity contribution in [3.63, 3.8) is 0 Å². The molecule has 0 fully saturated rings. The van der Waals surface area contributed by atoms with Gasteiger partial charge in [-0.25, -0.2) is 0 Å². The maximum atomic E-state index is 5.21. The molecular formula is C15H28N4O. The van der Waals surface area contributed by atoms with E-state index in [-0.39, 0.29) is 0 Å². The Morgan fingerprint density at radius 3 is 2.45 bits per heavy atom. The number of methoxy groups -OCH3 is 1. The number of hydrogen-bond acceptors (Lipinski definition) is 5. The molecule has 0 spiro atoms. The maximum Gasteiger partial charge on any atom is 0.151 e. The lowest BCUT2D eigenvalue weighted by Gasteiger charge is -2.31. The van der Waals surface area contributed by atoms with Crippen molar-refractivity contribution >= 4 is 5.82 Å². The van der Waals surface area contributed by atoms with Gasteiger partial charge in [0.05, 0.1) is 12.3 Å². The standard InChI is InChI=1S/C15H28N4O/c1-5-14(6-2)19(10-11-20-4)15-9-8-13(17-18-15)12-16-7-3/h8-9,14,16H,5-7,10-12H2,1-4H3. The predicted octanol–water partition coefficient (Wildman–Crippen LogP) is 2.23. The highest BCUT2D eigenvalue weighted by Gasteiger charge is 2.17. The predicted molar refractivity (Wildman–Crippen MR) is 83.0 cm³/mol. The molecule has 5 heteroatoms. The number of ether oxygens (including phenoxy) is 1. The summed E-state index contributed by atoms with van der Waals surface area (Å²) in [5.74, 6) is 0.941. The van der Waals surface area contributed by atoms with Gasteiger partial charge in [-0.05, 0) is 31.5 Å². The van der Waals surface area contributed by atoms with Gasteiger partial charge in [-0.15, -0.1) is 5.10 Å². The van der Waals surface area contributed by atoms with E-state index in [2.05, 4.69) is 47.3 Å². The minimum absolute atomic E-state index is 0.485. The van der Waals surface area contributed by atoms with Crippen LogP contribution >= 0.6 is 0 Å². The lowest BCUT2D eigenvalue weighted by molar-refractivity contribution is 0.202. The lowest BCUT2D eigenvalue weighted by Crippen LogP contribution is -2.37. The maximum absolute atomic E-state index is 5.21. The smallest absolute Gasteiger partial charge is 0.151 e. The van der Waals surface area contributed by atoms with Gasteiger partial charge in [0.15, 0.2) is 5.82 Å². The van der Waals surface area contributed by atoms with E-state index < -0.39 is 0 Å². The van der Waals surface area contributed by atoms with E-state index in [0.717, 1.165) is 44.0 Å². The van der Waals surface area contributed by atoms with Gasteiger partial charge < -0.3 is 15.0 Å². The molecular weight excluding hydrogens is 252 g/mol. The van der Waals surface area contributed by atoms with Crippen molar-refractivity contribution in [3.05, 3.63) is 17.8 Å². The summed E-state index contributed by atoms with van der Waals surface area (Å²) in [4.78, 5) is 2.30. The molecule has 0 aliphatic heterocycles. The first kappa shape index (κ1) is 16.9. The second-order valence-electron chi connectivity index (χ2n) is 4.82. The third-order valence-electron chi connectivity index (χ3n) is 3.48. The summed E-state index contributed by atoms with van der Waals surface area (Å²) in [5.41, 5.74) is 0.979. The van der Waals surface area contributed by atoms with E-state index in [1.54, 1.807) is 7.11 Å². The fourth-order valence-corrected chi connectivity index (χ4v) is 2.26. The molecule has 0 aromatic carbocycles. The van der Waals surface area contributed by atoms with Gasteiger partial charge in [0.2, 0.25) is 0 Å². The van der Waals surface area contributed by atoms with E-state index in [0.29, 0.717) is 12.6 Å². The summed E-state index contributed by atoms with van der Waals surface area (Å²) in [5, 5.41) is 11.9. The van der Waals surface area contributed by atoms with Gasteiger partial charge in [-0.1, -0.05) is 20.8 Å². The number of aromatic nitrogens is 2. The second kappa shape index (κ2) is 9.66. The largest absolute Gasteiger partial charge is 0.383 e. The third-order valence-corrected chi connectivity index (χ3v) is 3.48. The quantitative estimate of drug-likeness (QED) is 0.712. The number of rotatable bonds is 10. The van der Waals surface area contributed by atoms with Crippen molar-refractivity contribution in [2.24, 2.45) is 0 Å². The van der Waals surface area contributed by atoms with Crippen molar-refractivity contribution in [3.8, 4) is 0 Å². The number of anilines is 1. The zero-order valence-corrected chi connectivity index (χ0v) is 13.2. The van der Waals surface area contributed by atoms with Crippen molar-refractivity contribution < 1.29 is 4.74 Å². The van der Waals surface area contributed by atoms with E-state index in [9.17, 15) is 0 Å². The van der Waals surface area contributed by atoms with Crippen LogP contribution in [-0.2, 0) is 11.3 Å². The number of nitrogens with one attached hydrogen (secondary N) is 1. The average Bonchev–Trinajstić information content (AvgIpc) is 2.50. The Kier molecular flexibility index (Phi) is 8.14. The van der Waals surface area contributed by atoms with Crippen molar-refractivity contribution in [1.82, 2.24) is 15.5 Å². The Balaban J connectivity index is 2.78.